The first-order valence-electron chi connectivity index (χ1n) is 15.8. The van der Waals surface area contributed by atoms with Crippen LogP contribution in [0.1, 0.15) is 71.9 Å². The number of benzene rings is 1. The predicted molar refractivity (Wildman–Crippen MR) is 159 cm³/mol. The number of hydrogen-bond donors (Lipinski definition) is 2. The second-order valence-corrected chi connectivity index (χ2v) is 13.5. The molecular formula is C32H41F3N4O7. The smallest absolute Gasteiger partial charge is 0.422 e. The van der Waals surface area contributed by atoms with E-state index in [0.29, 0.717) is 24.1 Å². The van der Waals surface area contributed by atoms with Crippen molar-refractivity contribution in [1.82, 2.24) is 20.2 Å². The summed E-state index contributed by atoms with van der Waals surface area (Å²) < 4.78 is 55.3. The number of carboxylic acid groups (broad SMARTS) is 1. The Bertz CT molecular complexity index is 1460. The van der Waals surface area contributed by atoms with Gasteiger partial charge in [0.25, 0.3) is 0 Å². The highest BCUT2D eigenvalue weighted by Crippen LogP contribution is 2.39. The summed E-state index contributed by atoms with van der Waals surface area (Å²) in [7, 11) is 0. The van der Waals surface area contributed by atoms with Crippen molar-refractivity contribution in [2.45, 2.75) is 103 Å². The van der Waals surface area contributed by atoms with Crippen LogP contribution in [0, 0.1) is 17.3 Å². The lowest BCUT2D eigenvalue weighted by Crippen LogP contribution is -2.57. The van der Waals surface area contributed by atoms with Gasteiger partial charge in [0.2, 0.25) is 11.8 Å². The van der Waals surface area contributed by atoms with Gasteiger partial charge in [-0.1, -0.05) is 40.5 Å². The Balaban J connectivity index is 1.51. The zero-order chi connectivity index (χ0) is 33.4. The minimum Gasteiger partial charge on any atom is -0.484 e. The van der Waals surface area contributed by atoms with Gasteiger partial charge in [-0.25, -0.2) is 19.6 Å². The number of carbonyl (C=O) groups excluding carboxylic acids is 2. The molecule has 11 nitrogen and oxygen atoms in total. The number of fused-ring (bicyclic) bond motifs is 5. The molecule has 1 saturated carbocycles. The molecule has 5 rings (SSSR count). The van der Waals surface area contributed by atoms with E-state index in [1.54, 1.807) is 33.8 Å². The molecule has 2 aliphatic heterocycles. The number of ether oxygens (including phenoxy) is 3. The summed E-state index contributed by atoms with van der Waals surface area (Å²) in [5, 5.41) is 13.0. The van der Waals surface area contributed by atoms with Gasteiger partial charge in [0.15, 0.2) is 6.61 Å². The van der Waals surface area contributed by atoms with Crippen molar-refractivity contribution >= 4 is 29.0 Å². The lowest BCUT2D eigenvalue weighted by atomic mass is 9.85. The molecule has 1 aliphatic carbocycles. The Morgan fingerprint density at radius 3 is 2.52 bits per heavy atom. The minimum atomic E-state index is -4.51. The number of rotatable bonds is 4. The molecule has 1 saturated heterocycles. The number of aliphatic carboxylic acids is 1. The summed E-state index contributed by atoms with van der Waals surface area (Å²) in [5.74, 6) is -2.06. The molecule has 1 aromatic heterocycles. The molecule has 2 bridgehead atoms. The SMILES string of the molecule is CCC1C2CN(C(=O)C(C(C)(C)C)NC(=O)OC3CC3CCCCCc3nc4ccc(OCC(F)(F)F)cc4nc3O2)C1C(=O)O. The topological polar surface area (TPSA) is 140 Å². The van der Waals surface area contributed by atoms with E-state index in [2.05, 4.69) is 10.3 Å². The van der Waals surface area contributed by atoms with Gasteiger partial charge in [0, 0.05) is 12.0 Å². The first kappa shape index (κ1) is 33.5. The first-order chi connectivity index (χ1) is 21.6. The Labute approximate surface area is 265 Å². The average molecular weight is 651 g/mol. The van der Waals surface area contributed by atoms with E-state index in [1.807, 2.05) is 0 Å². The van der Waals surface area contributed by atoms with E-state index in [0.717, 1.165) is 32.1 Å². The van der Waals surface area contributed by atoms with E-state index in [1.165, 1.54) is 17.0 Å². The maximum atomic E-state index is 14.1. The van der Waals surface area contributed by atoms with Gasteiger partial charge in [-0.15, -0.1) is 0 Å². The number of hydrogen-bond acceptors (Lipinski definition) is 8. The van der Waals surface area contributed by atoms with E-state index < -0.39 is 60.3 Å². The molecule has 6 unspecified atom stereocenters. The van der Waals surface area contributed by atoms with Gasteiger partial charge >= 0.3 is 18.2 Å². The fraction of sp³-hybridized carbons (Fsp3) is 0.656. The Hall–Kier alpha value is -3.84. The van der Waals surface area contributed by atoms with Gasteiger partial charge in [0.1, 0.15) is 35.7 Å². The molecule has 252 valence electrons. The van der Waals surface area contributed by atoms with Gasteiger partial charge in [0.05, 0.1) is 17.6 Å². The molecule has 3 aliphatic rings. The van der Waals surface area contributed by atoms with Crippen LogP contribution in [-0.2, 0) is 20.7 Å². The third kappa shape index (κ3) is 7.75. The van der Waals surface area contributed by atoms with Crippen LogP contribution >= 0.6 is 0 Å². The van der Waals surface area contributed by atoms with Crippen LogP contribution < -0.4 is 14.8 Å². The molecule has 0 radical (unpaired) electrons. The van der Waals surface area contributed by atoms with Gasteiger partial charge in [-0.3, -0.25) is 4.79 Å². The highest BCUT2D eigenvalue weighted by molar-refractivity contribution is 5.90. The summed E-state index contributed by atoms with van der Waals surface area (Å²) in [6.07, 6.45) is -1.23. The van der Waals surface area contributed by atoms with E-state index in [9.17, 15) is 32.7 Å². The number of carboxylic acids is 1. The standard InChI is InChI=1S/C32H41F3N4O7/c1-5-19-24-15-39(25(19)29(41)42)28(40)26(31(2,3)4)38-30(43)46-23-13-17(23)9-7-6-8-10-21-27(45-24)37-22-14-18(11-12-20(22)36-21)44-16-32(33,34)35/h11-12,14,17,19,23-26H,5-10,13,15-16H2,1-4H3,(H,38,43)(H,41,42). The van der Waals surface area contributed by atoms with E-state index in [-0.39, 0.29) is 35.7 Å². The van der Waals surface area contributed by atoms with Crippen LogP contribution in [0.3, 0.4) is 0 Å². The van der Waals surface area contributed by atoms with E-state index >= 15 is 0 Å². The van der Waals surface area contributed by atoms with Crippen molar-refractivity contribution < 1.29 is 46.9 Å². The first-order valence-corrected chi connectivity index (χ1v) is 15.8. The summed E-state index contributed by atoms with van der Waals surface area (Å²) in [5.41, 5.74) is 0.470. The van der Waals surface area contributed by atoms with Gasteiger partial charge in [-0.05, 0) is 55.6 Å². The number of alkyl halides is 3. The van der Waals surface area contributed by atoms with Crippen LogP contribution in [0.2, 0.25) is 0 Å². The second-order valence-electron chi connectivity index (χ2n) is 13.5. The molecule has 2 N–H and O–H groups in total. The lowest BCUT2D eigenvalue weighted by molar-refractivity contribution is -0.153. The quantitative estimate of drug-likeness (QED) is 0.452. The fourth-order valence-corrected chi connectivity index (χ4v) is 6.39. The van der Waals surface area contributed by atoms with Crippen molar-refractivity contribution in [3.63, 3.8) is 0 Å². The predicted octanol–water partition coefficient (Wildman–Crippen LogP) is 5.29. The monoisotopic (exact) mass is 650 g/mol. The van der Waals surface area contributed by atoms with E-state index in [4.69, 9.17) is 19.2 Å². The molecule has 14 heteroatoms. The second kappa shape index (κ2) is 13.1. The Morgan fingerprint density at radius 1 is 1.09 bits per heavy atom. The number of nitrogens with zero attached hydrogens (tertiary/aromatic N) is 3. The third-order valence-corrected chi connectivity index (χ3v) is 8.92. The van der Waals surface area contributed by atoms with Crippen LogP contribution in [-0.4, -0.2) is 81.6 Å². The molecular weight excluding hydrogens is 609 g/mol. The zero-order valence-electron chi connectivity index (χ0n) is 26.4. The summed E-state index contributed by atoms with van der Waals surface area (Å²) >= 11 is 0. The molecule has 1 aromatic carbocycles. The molecule has 3 heterocycles. The molecule has 2 fully saturated rings. The lowest BCUT2D eigenvalue weighted by Gasteiger charge is -2.34. The molecule has 46 heavy (non-hydrogen) atoms. The van der Waals surface area contributed by atoms with Crippen LogP contribution in [0.5, 0.6) is 11.6 Å². The molecule has 2 aromatic rings. The molecule has 2 amide bonds. The Morgan fingerprint density at radius 2 is 1.85 bits per heavy atom. The average Bonchev–Trinajstić information content (AvgIpc) is 3.59. The van der Waals surface area contributed by atoms with Crippen molar-refractivity contribution in [1.29, 1.82) is 0 Å². The van der Waals surface area contributed by atoms with Crippen molar-refractivity contribution in [2.75, 3.05) is 13.2 Å². The zero-order valence-corrected chi connectivity index (χ0v) is 26.4. The number of amides is 2. The summed E-state index contributed by atoms with van der Waals surface area (Å²) in [6, 6.07) is 2.00. The Kier molecular flexibility index (Phi) is 9.55. The highest BCUT2D eigenvalue weighted by atomic mass is 19.4. The van der Waals surface area contributed by atoms with Crippen LogP contribution in [0.4, 0.5) is 18.0 Å². The molecule has 6 atom stereocenters. The van der Waals surface area contributed by atoms with Crippen LogP contribution in [0.15, 0.2) is 18.2 Å². The van der Waals surface area contributed by atoms with Crippen molar-refractivity contribution in [2.24, 2.45) is 17.3 Å². The normalized spacial score (nSPS) is 27.8. The van der Waals surface area contributed by atoms with Gasteiger partial charge < -0.3 is 29.5 Å². The molecule has 0 spiro atoms. The maximum absolute atomic E-state index is 14.1. The van der Waals surface area contributed by atoms with Crippen LogP contribution in [0.25, 0.3) is 11.0 Å². The van der Waals surface area contributed by atoms with Crippen molar-refractivity contribution in [3.05, 3.63) is 23.9 Å². The number of carbonyl (C=O) groups is 3. The summed E-state index contributed by atoms with van der Waals surface area (Å²) in [4.78, 5) is 50.2. The number of aromatic nitrogens is 2. The summed E-state index contributed by atoms with van der Waals surface area (Å²) in [6.45, 7) is 5.60. The number of aryl methyl sites for hydroxylation is 1. The number of halogens is 3. The maximum Gasteiger partial charge on any atom is 0.422 e. The number of alkyl carbamates (subject to hydrolysis) is 1. The van der Waals surface area contributed by atoms with Gasteiger partial charge in [-0.2, -0.15) is 13.2 Å². The fourth-order valence-electron chi connectivity index (χ4n) is 6.39. The third-order valence-electron chi connectivity index (χ3n) is 8.92. The highest BCUT2D eigenvalue weighted by Gasteiger charge is 2.52. The largest absolute Gasteiger partial charge is 0.484 e. The minimum absolute atomic E-state index is 0.0353. The number of nitrogens with one attached hydrogen (secondary N) is 1. The van der Waals surface area contributed by atoms with Crippen molar-refractivity contribution in [3.8, 4) is 11.6 Å².